The van der Waals surface area contributed by atoms with E-state index in [9.17, 15) is 14.0 Å². The summed E-state index contributed by atoms with van der Waals surface area (Å²) in [6.45, 7) is 2.90. The maximum absolute atomic E-state index is 13.3. The van der Waals surface area contributed by atoms with Gasteiger partial charge in [-0.1, -0.05) is 49.4 Å². The first-order valence-corrected chi connectivity index (χ1v) is 9.82. The quantitative estimate of drug-likeness (QED) is 0.722. The van der Waals surface area contributed by atoms with E-state index in [1.54, 1.807) is 12.1 Å². The van der Waals surface area contributed by atoms with Gasteiger partial charge in [0, 0.05) is 18.4 Å². The number of carbonyl (C=O) groups is 2. The third kappa shape index (κ3) is 3.40. The largest absolute Gasteiger partial charge is 0.329 e. The van der Waals surface area contributed by atoms with Crippen molar-refractivity contribution in [2.24, 2.45) is 0 Å². The summed E-state index contributed by atoms with van der Waals surface area (Å²) in [7, 11) is 0. The van der Waals surface area contributed by atoms with Crippen molar-refractivity contribution in [1.29, 1.82) is 0 Å². The Labute approximate surface area is 164 Å². The molecule has 28 heavy (non-hydrogen) atoms. The van der Waals surface area contributed by atoms with Crippen LogP contribution in [0.5, 0.6) is 0 Å². The summed E-state index contributed by atoms with van der Waals surface area (Å²) in [5, 5.41) is 2.94. The summed E-state index contributed by atoms with van der Waals surface area (Å²) in [6, 6.07) is 15.9. The molecule has 2 atom stereocenters. The molecule has 0 spiro atoms. The Morgan fingerprint density at radius 2 is 1.79 bits per heavy atom. The number of urea groups is 1. The van der Waals surface area contributed by atoms with Crippen LogP contribution in [-0.4, -0.2) is 29.5 Å². The lowest BCUT2D eigenvalue weighted by Gasteiger charge is -2.27. The SMILES string of the molecule is CC[C@@]1(c2ccccc2)NC(=O)N(C[NH+](Cc2ccc(F)cc2)C2CC2)C1=O. The minimum Gasteiger partial charge on any atom is -0.319 e. The molecule has 1 saturated carbocycles. The number of rotatable bonds is 7. The van der Waals surface area contributed by atoms with Crippen molar-refractivity contribution in [3.8, 4) is 0 Å². The van der Waals surface area contributed by atoms with Crippen LogP contribution in [0.25, 0.3) is 0 Å². The van der Waals surface area contributed by atoms with Crippen molar-refractivity contribution in [3.63, 3.8) is 0 Å². The zero-order valence-electron chi connectivity index (χ0n) is 16.0. The van der Waals surface area contributed by atoms with Gasteiger partial charge in [-0.25, -0.2) is 14.1 Å². The van der Waals surface area contributed by atoms with Gasteiger partial charge in [0.05, 0.1) is 6.04 Å². The Kier molecular flexibility index (Phi) is 4.89. The monoisotopic (exact) mass is 382 g/mol. The van der Waals surface area contributed by atoms with E-state index in [1.807, 2.05) is 37.3 Å². The lowest BCUT2D eigenvalue weighted by molar-refractivity contribution is -0.931. The number of quaternary nitrogens is 1. The van der Waals surface area contributed by atoms with Crippen molar-refractivity contribution in [1.82, 2.24) is 10.2 Å². The molecule has 2 N–H and O–H groups in total. The summed E-state index contributed by atoms with van der Waals surface area (Å²) in [5.41, 5.74) is 0.813. The Morgan fingerprint density at radius 3 is 2.39 bits per heavy atom. The van der Waals surface area contributed by atoms with Crippen LogP contribution in [0.15, 0.2) is 54.6 Å². The zero-order chi connectivity index (χ0) is 19.7. The fraction of sp³-hybridized carbons (Fsp3) is 0.364. The summed E-state index contributed by atoms with van der Waals surface area (Å²) >= 11 is 0. The van der Waals surface area contributed by atoms with E-state index >= 15 is 0 Å². The molecule has 1 aliphatic heterocycles. The minimum atomic E-state index is -0.997. The molecule has 4 rings (SSSR count). The third-order valence-electron chi connectivity index (χ3n) is 5.83. The van der Waals surface area contributed by atoms with Crippen LogP contribution in [0.4, 0.5) is 9.18 Å². The van der Waals surface area contributed by atoms with Gasteiger partial charge in [-0.15, -0.1) is 0 Å². The van der Waals surface area contributed by atoms with E-state index < -0.39 is 5.54 Å². The summed E-state index contributed by atoms with van der Waals surface area (Å²) < 4.78 is 13.2. The van der Waals surface area contributed by atoms with Crippen molar-refractivity contribution >= 4 is 11.9 Å². The van der Waals surface area contributed by atoms with Crippen LogP contribution in [0.1, 0.15) is 37.3 Å². The molecule has 2 aliphatic rings. The molecule has 1 saturated heterocycles. The second-order valence-corrected chi connectivity index (χ2v) is 7.68. The number of nitrogens with zero attached hydrogens (tertiary/aromatic N) is 1. The van der Waals surface area contributed by atoms with Gasteiger partial charge >= 0.3 is 6.03 Å². The van der Waals surface area contributed by atoms with Crippen molar-refractivity contribution in [2.45, 2.75) is 44.3 Å². The van der Waals surface area contributed by atoms with E-state index in [2.05, 4.69) is 5.32 Å². The minimum absolute atomic E-state index is 0.191. The highest BCUT2D eigenvalue weighted by Crippen LogP contribution is 2.32. The molecule has 1 heterocycles. The molecular formula is C22H25FN3O2+. The second kappa shape index (κ2) is 7.36. The second-order valence-electron chi connectivity index (χ2n) is 7.68. The summed E-state index contributed by atoms with van der Waals surface area (Å²) in [6.07, 6.45) is 2.66. The Hall–Kier alpha value is -2.73. The third-order valence-corrected chi connectivity index (χ3v) is 5.83. The van der Waals surface area contributed by atoms with Gasteiger partial charge in [-0.05, 0) is 24.1 Å². The van der Waals surface area contributed by atoms with Crippen LogP contribution in [0, 0.1) is 5.82 Å². The standard InChI is InChI=1S/C22H24FN3O2/c1-2-22(17-6-4-3-5-7-17)20(27)26(21(28)24-22)15-25(19-12-13-19)14-16-8-10-18(23)11-9-16/h3-11,19H,2,12-15H2,1H3,(H,24,28)/p+1/t22-/m0/s1. The molecule has 0 bridgehead atoms. The smallest absolute Gasteiger partial charge is 0.319 e. The number of carbonyl (C=O) groups excluding carboxylic acids is 2. The fourth-order valence-corrected chi connectivity index (χ4v) is 4.02. The van der Waals surface area contributed by atoms with Crippen LogP contribution in [0.3, 0.4) is 0 Å². The van der Waals surface area contributed by atoms with E-state index in [-0.39, 0.29) is 17.8 Å². The predicted octanol–water partition coefficient (Wildman–Crippen LogP) is 2.19. The van der Waals surface area contributed by atoms with Gasteiger partial charge in [0.2, 0.25) is 0 Å². The van der Waals surface area contributed by atoms with Gasteiger partial charge in [0.15, 0.2) is 6.67 Å². The van der Waals surface area contributed by atoms with Gasteiger partial charge in [-0.2, -0.15) is 0 Å². The van der Waals surface area contributed by atoms with E-state index in [0.29, 0.717) is 25.7 Å². The Balaban J connectivity index is 1.55. The number of nitrogens with one attached hydrogen (secondary N) is 2. The van der Waals surface area contributed by atoms with Crippen LogP contribution >= 0.6 is 0 Å². The highest BCUT2D eigenvalue weighted by Gasteiger charge is 2.53. The molecule has 5 nitrogen and oxygen atoms in total. The molecule has 6 heteroatoms. The van der Waals surface area contributed by atoms with Crippen molar-refractivity contribution in [2.75, 3.05) is 6.67 Å². The molecular weight excluding hydrogens is 357 g/mol. The average molecular weight is 382 g/mol. The first-order chi connectivity index (χ1) is 13.5. The van der Waals surface area contributed by atoms with E-state index in [1.165, 1.54) is 17.0 Å². The van der Waals surface area contributed by atoms with E-state index in [0.717, 1.165) is 28.9 Å². The fourth-order valence-electron chi connectivity index (χ4n) is 4.02. The van der Waals surface area contributed by atoms with Crippen LogP contribution in [0.2, 0.25) is 0 Å². The number of hydrogen-bond acceptors (Lipinski definition) is 2. The van der Waals surface area contributed by atoms with Gasteiger partial charge in [0.1, 0.15) is 17.9 Å². The molecule has 3 amide bonds. The Bertz CT molecular complexity index is 867. The van der Waals surface area contributed by atoms with E-state index in [4.69, 9.17) is 0 Å². The van der Waals surface area contributed by atoms with Gasteiger partial charge in [-0.3, -0.25) is 4.79 Å². The lowest BCUT2D eigenvalue weighted by Crippen LogP contribution is -3.13. The normalized spacial score (nSPS) is 23.0. The molecule has 1 aliphatic carbocycles. The zero-order valence-corrected chi connectivity index (χ0v) is 16.0. The molecule has 2 fully saturated rings. The average Bonchev–Trinajstić information content (AvgIpc) is 3.53. The highest BCUT2D eigenvalue weighted by molar-refractivity contribution is 6.07. The number of benzene rings is 2. The lowest BCUT2D eigenvalue weighted by atomic mass is 9.87. The van der Waals surface area contributed by atoms with Crippen molar-refractivity contribution in [3.05, 3.63) is 71.5 Å². The summed E-state index contributed by atoms with van der Waals surface area (Å²) in [5.74, 6) is -0.454. The van der Waals surface area contributed by atoms with Gasteiger partial charge in [0.25, 0.3) is 5.91 Å². The van der Waals surface area contributed by atoms with Crippen LogP contribution in [-0.2, 0) is 16.9 Å². The topological polar surface area (TPSA) is 53.9 Å². The Morgan fingerprint density at radius 1 is 1.11 bits per heavy atom. The number of halogens is 1. The van der Waals surface area contributed by atoms with Crippen LogP contribution < -0.4 is 10.2 Å². The maximum atomic E-state index is 13.3. The summed E-state index contributed by atoms with van der Waals surface area (Å²) in [4.78, 5) is 28.6. The number of imide groups is 1. The molecule has 0 radical (unpaired) electrons. The first kappa shape index (κ1) is 18.6. The van der Waals surface area contributed by atoms with Gasteiger partial charge < -0.3 is 10.2 Å². The predicted molar refractivity (Wildman–Crippen MR) is 103 cm³/mol. The maximum Gasteiger partial charge on any atom is 0.329 e. The number of hydrogen-bond donors (Lipinski definition) is 2. The molecule has 146 valence electrons. The molecule has 1 unspecified atom stereocenters. The first-order valence-electron chi connectivity index (χ1n) is 9.82. The number of amides is 3. The molecule has 2 aromatic carbocycles. The molecule has 2 aromatic rings. The highest BCUT2D eigenvalue weighted by atomic mass is 19.1. The molecule has 0 aromatic heterocycles. The van der Waals surface area contributed by atoms with Crippen molar-refractivity contribution < 1.29 is 18.9 Å².